The van der Waals surface area contributed by atoms with Gasteiger partial charge in [0.15, 0.2) is 0 Å². The summed E-state index contributed by atoms with van der Waals surface area (Å²) in [4.78, 5) is 78.1. The highest BCUT2D eigenvalue weighted by Gasteiger charge is 2.69. The van der Waals surface area contributed by atoms with Crippen molar-refractivity contribution in [3.8, 4) is 0 Å². The normalized spacial score (nSPS) is 38.3. The van der Waals surface area contributed by atoms with Gasteiger partial charge in [0, 0.05) is 41.3 Å². The zero-order valence-electron chi connectivity index (χ0n) is 37.4. The topological polar surface area (TPSA) is 212 Å². The van der Waals surface area contributed by atoms with E-state index in [2.05, 4.69) is 69.6 Å². The molecule has 0 spiro atoms. The third kappa shape index (κ3) is 7.79. The number of ether oxygens (including phenoxy) is 2. The maximum absolute atomic E-state index is 13.3. The van der Waals surface area contributed by atoms with E-state index < -0.39 is 47.0 Å². The fourth-order valence-electron chi connectivity index (χ4n) is 13.8. The highest BCUT2D eigenvalue weighted by molar-refractivity contribution is 5.76. The summed E-state index contributed by atoms with van der Waals surface area (Å²) >= 11 is 0. The first-order chi connectivity index (χ1) is 28.6. The van der Waals surface area contributed by atoms with Gasteiger partial charge >= 0.3 is 23.6 Å². The molecule has 1 aromatic heterocycles. The van der Waals surface area contributed by atoms with Crippen molar-refractivity contribution in [1.29, 1.82) is 0 Å². The van der Waals surface area contributed by atoms with E-state index in [1.165, 1.54) is 16.3 Å². The fourth-order valence-corrected chi connectivity index (χ4v) is 13.8. The van der Waals surface area contributed by atoms with Gasteiger partial charge in [-0.2, -0.15) is 4.89 Å². The molecular weight excluding hydrogens is 783 g/mol. The molecule has 61 heavy (non-hydrogen) atoms. The quantitative estimate of drug-likeness (QED) is 0.0299. The Bertz CT molecular complexity index is 2100. The van der Waals surface area contributed by atoms with E-state index in [0.29, 0.717) is 30.2 Å². The number of nitrogens with zero attached hydrogens (tertiary/aromatic N) is 4. The van der Waals surface area contributed by atoms with Crippen LogP contribution >= 0.6 is 0 Å². The molecule has 5 fully saturated rings. The number of H-pyrrole nitrogens is 1. The monoisotopic (exact) mass is 849 g/mol. The lowest BCUT2D eigenvalue weighted by atomic mass is 9.33. The van der Waals surface area contributed by atoms with Crippen molar-refractivity contribution in [2.45, 2.75) is 176 Å². The highest BCUT2D eigenvalue weighted by atomic mass is 17.2. The summed E-state index contributed by atoms with van der Waals surface area (Å²) in [5.41, 5.74) is 8.92. The van der Waals surface area contributed by atoms with Crippen LogP contribution < -0.4 is 11.2 Å². The number of azide groups is 1. The molecule has 5 aliphatic carbocycles. The number of aromatic nitrogens is 2. The van der Waals surface area contributed by atoms with Crippen LogP contribution in [0.3, 0.4) is 0 Å². The van der Waals surface area contributed by atoms with Gasteiger partial charge in [0.05, 0.1) is 17.6 Å². The Balaban J connectivity index is 0.896. The van der Waals surface area contributed by atoms with Crippen LogP contribution in [0.15, 0.2) is 32.5 Å². The third-order valence-corrected chi connectivity index (χ3v) is 17.5. The molecule has 4 saturated carbocycles. The third-order valence-electron chi connectivity index (χ3n) is 17.5. The number of unbranched alkanes of at least 4 members (excludes halogenated alkanes) is 1. The largest absolute Gasteiger partial charge is 0.481 e. The van der Waals surface area contributed by atoms with Crippen molar-refractivity contribution in [3.63, 3.8) is 0 Å². The first kappa shape index (κ1) is 45.1. The second-order valence-corrected chi connectivity index (χ2v) is 21.6. The van der Waals surface area contributed by atoms with Crippen LogP contribution in [0.4, 0.5) is 0 Å². The van der Waals surface area contributed by atoms with Gasteiger partial charge in [0.25, 0.3) is 5.56 Å². The van der Waals surface area contributed by atoms with Crippen molar-refractivity contribution in [2.24, 2.45) is 55.4 Å². The van der Waals surface area contributed by atoms with Crippen molar-refractivity contribution >= 4 is 17.9 Å². The van der Waals surface area contributed by atoms with Crippen LogP contribution in [-0.4, -0.2) is 57.4 Å². The first-order valence-electron chi connectivity index (χ1n) is 22.6. The van der Waals surface area contributed by atoms with Crippen molar-refractivity contribution in [3.05, 3.63) is 54.7 Å². The van der Waals surface area contributed by atoms with Gasteiger partial charge in [0.2, 0.25) is 0 Å². The van der Waals surface area contributed by atoms with Crippen molar-refractivity contribution in [1.82, 2.24) is 9.55 Å². The molecule has 11 atom stereocenters. The number of hydrogen-bond donors (Lipinski definition) is 2. The minimum absolute atomic E-state index is 0.0215. The Kier molecular flexibility index (Phi) is 12.1. The lowest BCUT2D eigenvalue weighted by Crippen LogP contribution is -2.65. The van der Waals surface area contributed by atoms with E-state index in [1.807, 2.05) is 0 Å². The van der Waals surface area contributed by atoms with Crippen LogP contribution in [0, 0.1) is 57.2 Å². The molecule has 0 amide bonds. The molecule has 336 valence electrons. The van der Waals surface area contributed by atoms with Crippen LogP contribution in [0.5, 0.6) is 0 Å². The molecular formula is C46H67N5O10. The molecule has 0 aromatic carbocycles. The van der Waals surface area contributed by atoms with Gasteiger partial charge in [-0.3, -0.25) is 28.8 Å². The number of rotatable bonds is 12. The van der Waals surface area contributed by atoms with E-state index in [9.17, 15) is 29.1 Å². The fraction of sp³-hybridized carbons (Fsp3) is 0.804. The molecule has 7 rings (SSSR count). The van der Waals surface area contributed by atoms with Gasteiger partial charge in [-0.05, 0) is 129 Å². The maximum Gasteiger partial charge on any atom is 0.342 e. The zero-order chi connectivity index (χ0) is 44.3. The molecule has 15 heteroatoms. The summed E-state index contributed by atoms with van der Waals surface area (Å²) in [5.74, 6) is -0.586. The number of carbonyl (C=O) groups excluding carboxylic acids is 2. The summed E-state index contributed by atoms with van der Waals surface area (Å²) in [6.07, 6.45) is 12.4. The van der Waals surface area contributed by atoms with Crippen LogP contribution in [0.25, 0.3) is 10.4 Å². The van der Waals surface area contributed by atoms with E-state index in [-0.39, 0.29) is 70.9 Å². The maximum atomic E-state index is 13.3. The number of nitrogens with one attached hydrogen (secondary N) is 1. The molecule has 1 saturated heterocycles. The first-order valence-corrected chi connectivity index (χ1v) is 22.6. The Morgan fingerprint density at radius 1 is 0.967 bits per heavy atom. The minimum Gasteiger partial charge on any atom is -0.481 e. The van der Waals surface area contributed by atoms with Gasteiger partial charge < -0.3 is 14.6 Å². The SMILES string of the molecule is Cc1cn([C@H]2C[C@H](N=[N+]=[N-])[C@@H](COOC(=O)CCCCC(=O)O[C@H]3CC[C@@]4(C)C(CC[C@]5(C)C4CC=C4C6CC(C)(C)CC[C@]6(C(=O)O)CC[C@]45C)C3(C)C)O2)c(=O)[nH]c1=O. The molecule has 1 aromatic rings. The molecule has 6 aliphatic rings. The molecule has 0 radical (unpaired) electrons. The van der Waals surface area contributed by atoms with Gasteiger partial charge in [-0.1, -0.05) is 65.2 Å². The number of aryl methyl sites for hydroxylation is 1. The molecule has 1 aliphatic heterocycles. The number of carboxylic acid groups (broad SMARTS) is 1. The molecule has 3 unspecified atom stereocenters. The highest BCUT2D eigenvalue weighted by Crippen LogP contribution is 2.76. The van der Waals surface area contributed by atoms with E-state index in [0.717, 1.165) is 64.2 Å². The molecule has 15 nitrogen and oxygen atoms in total. The second-order valence-electron chi connectivity index (χ2n) is 21.6. The number of esters is 1. The van der Waals surface area contributed by atoms with E-state index in [1.54, 1.807) is 6.92 Å². The summed E-state index contributed by atoms with van der Waals surface area (Å²) < 4.78 is 13.4. The second kappa shape index (κ2) is 16.3. The molecule has 0 bridgehead atoms. The summed E-state index contributed by atoms with van der Waals surface area (Å²) in [6.45, 7) is 18.0. The smallest absolute Gasteiger partial charge is 0.342 e. The Labute approximate surface area is 358 Å². The van der Waals surface area contributed by atoms with Crippen molar-refractivity contribution < 1.29 is 38.7 Å². The number of aromatic amines is 1. The van der Waals surface area contributed by atoms with Crippen LogP contribution in [0.1, 0.15) is 157 Å². The lowest BCUT2D eigenvalue weighted by molar-refractivity contribution is -0.284. The average molecular weight is 850 g/mol. The van der Waals surface area contributed by atoms with Crippen LogP contribution in [-0.2, 0) is 33.6 Å². The Morgan fingerprint density at radius 3 is 2.38 bits per heavy atom. The molecule has 2 heterocycles. The average Bonchev–Trinajstić information content (AvgIpc) is 3.58. The van der Waals surface area contributed by atoms with Gasteiger partial charge in [-0.15, -0.1) is 0 Å². The zero-order valence-corrected chi connectivity index (χ0v) is 37.4. The number of aliphatic carboxylic acids is 1. The van der Waals surface area contributed by atoms with Gasteiger partial charge in [0.1, 0.15) is 18.9 Å². The van der Waals surface area contributed by atoms with Crippen LogP contribution in [0.2, 0.25) is 0 Å². The Morgan fingerprint density at radius 2 is 1.67 bits per heavy atom. The summed E-state index contributed by atoms with van der Waals surface area (Å²) in [5, 5.41) is 14.4. The molecule has 2 N–H and O–H groups in total. The van der Waals surface area contributed by atoms with E-state index >= 15 is 0 Å². The number of carbonyl (C=O) groups is 3. The number of fused-ring (bicyclic) bond motifs is 7. The Hall–Kier alpha value is -3.94. The lowest BCUT2D eigenvalue weighted by Gasteiger charge is -2.71. The standard InChI is InChI=1S/C46H67N5O10/c1-27-25-51(40(57)48-38(27)54)35-23-30(49-50-47)31(59-35)26-58-61-37(53)12-10-9-11-36(52)60-34-16-17-43(6)32(42(34,4)5)15-18-45(8)33(43)14-13-28-29-24-41(2,3)19-21-46(29,39(55)56)22-20-44(28,45)7/h13,25,29-35H,9-12,14-24,26H2,1-8H3,(H,55,56)(H,48,54,57)/t29?,30-,31+,32?,33?,34-,35+,43-,44+,45+,46-/m0/s1. The van der Waals surface area contributed by atoms with Crippen molar-refractivity contribution in [2.75, 3.05) is 6.61 Å². The summed E-state index contributed by atoms with van der Waals surface area (Å²) in [6, 6.07) is -0.703. The predicted octanol–water partition coefficient (Wildman–Crippen LogP) is 8.64. The number of carboxylic acids is 1. The predicted molar refractivity (Wildman–Crippen MR) is 225 cm³/mol. The minimum atomic E-state index is -0.818. The summed E-state index contributed by atoms with van der Waals surface area (Å²) in [7, 11) is 0. The van der Waals surface area contributed by atoms with E-state index in [4.69, 9.17) is 24.8 Å². The number of allylic oxidation sites excluding steroid dienone is 2. The van der Waals surface area contributed by atoms with Gasteiger partial charge in [-0.25, -0.2) is 9.59 Å². The number of hydrogen-bond acceptors (Lipinski definition) is 10.